The van der Waals surface area contributed by atoms with E-state index in [1.54, 1.807) is 0 Å². The van der Waals surface area contributed by atoms with Gasteiger partial charge in [0.25, 0.3) is 0 Å². The van der Waals surface area contributed by atoms with Crippen molar-refractivity contribution in [3.05, 3.63) is 0 Å². The van der Waals surface area contributed by atoms with Gasteiger partial charge in [-0.25, -0.2) is 0 Å². The zero-order chi connectivity index (χ0) is 17.9. The van der Waals surface area contributed by atoms with Crippen molar-refractivity contribution in [2.75, 3.05) is 59.5 Å². The topological polar surface area (TPSA) is 36.0 Å². The average Bonchev–Trinajstić information content (AvgIpc) is 2.63. The van der Waals surface area contributed by atoms with Crippen LogP contribution in [0.4, 0.5) is 0 Å². The Morgan fingerprint density at radius 1 is 0.960 bits per heavy atom. The van der Waals surface area contributed by atoms with Crippen molar-refractivity contribution in [2.24, 2.45) is 0 Å². The second-order valence-corrected chi connectivity index (χ2v) is 7.80. The van der Waals surface area contributed by atoms with E-state index < -0.39 is 0 Å². The first-order valence-electron chi connectivity index (χ1n) is 10.5. The molecule has 0 bridgehead atoms. The number of hydrogen-bond donors (Lipinski definition) is 0. The smallest absolute Gasteiger partial charge is 0.305 e. The lowest BCUT2D eigenvalue weighted by Crippen LogP contribution is -2.52. The van der Waals surface area contributed by atoms with Crippen molar-refractivity contribution in [3.63, 3.8) is 0 Å². The van der Waals surface area contributed by atoms with Crippen LogP contribution < -0.4 is 0 Å². The Hall–Kier alpha value is -0.650. The second-order valence-electron chi connectivity index (χ2n) is 7.80. The number of nitrogens with zero attached hydrogens (tertiary/aromatic N) is 3. The number of piperazine rings is 1. The van der Waals surface area contributed by atoms with E-state index in [-0.39, 0.29) is 5.97 Å². The Labute approximate surface area is 154 Å². The summed E-state index contributed by atoms with van der Waals surface area (Å²) in [6, 6.07) is 0.776. The summed E-state index contributed by atoms with van der Waals surface area (Å²) in [6.45, 7) is 11.1. The van der Waals surface area contributed by atoms with Crippen LogP contribution in [-0.2, 0) is 9.53 Å². The molecule has 2 fully saturated rings. The molecule has 0 aromatic rings. The number of likely N-dealkylation sites (N-methyl/N-ethyl adjacent to an activating group) is 1. The molecule has 0 aromatic heterocycles. The first-order chi connectivity index (χ1) is 12.2. The lowest BCUT2D eigenvalue weighted by atomic mass is 10.0. The van der Waals surface area contributed by atoms with Crippen LogP contribution in [0, 0.1) is 0 Å². The molecule has 0 amide bonds. The zero-order valence-electron chi connectivity index (χ0n) is 16.5. The van der Waals surface area contributed by atoms with Gasteiger partial charge in [0.15, 0.2) is 0 Å². The first-order valence-corrected chi connectivity index (χ1v) is 10.5. The predicted octanol–water partition coefficient (Wildman–Crippen LogP) is 2.60. The standard InChI is InChI=1S/C20H39N3O2/c1-3-4-5-6-18-25-20(24)8-7-11-22-12-9-19(10-13-22)23-16-14-21(2)15-17-23/h19H,3-18H2,1-2H3. The van der Waals surface area contributed by atoms with E-state index in [0.29, 0.717) is 13.0 Å². The van der Waals surface area contributed by atoms with Gasteiger partial charge in [-0.1, -0.05) is 26.2 Å². The largest absolute Gasteiger partial charge is 0.466 e. The Morgan fingerprint density at radius 3 is 2.36 bits per heavy atom. The molecule has 0 aromatic carbocycles. The fraction of sp³-hybridized carbons (Fsp3) is 0.950. The highest BCUT2D eigenvalue weighted by molar-refractivity contribution is 5.69. The fourth-order valence-electron chi connectivity index (χ4n) is 3.93. The van der Waals surface area contributed by atoms with Gasteiger partial charge in [0, 0.05) is 38.6 Å². The minimum atomic E-state index is -0.0104. The summed E-state index contributed by atoms with van der Waals surface area (Å²) in [7, 11) is 2.22. The molecule has 2 rings (SSSR count). The maximum atomic E-state index is 11.8. The normalized spacial score (nSPS) is 21.5. The van der Waals surface area contributed by atoms with Crippen molar-refractivity contribution in [2.45, 2.75) is 64.3 Å². The summed E-state index contributed by atoms with van der Waals surface area (Å²) in [5.41, 5.74) is 0. The summed E-state index contributed by atoms with van der Waals surface area (Å²) in [5.74, 6) is -0.0104. The SMILES string of the molecule is CCCCCCOC(=O)CCCN1CCC(N2CCN(C)CC2)CC1. The minimum Gasteiger partial charge on any atom is -0.466 e. The number of piperidine rings is 1. The van der Waals surface area contributed by atoms with Crippen LogP contribution in [0.25, 0.3) is 0 Å². The summed E-state index contributed by atoms with van der Waals surface area (Å²) in [5, 5.41) is 0. The van der Waals surface area contributed by atoms with E-state index in [0.717, 1.165) is 25.4 Å². The number of rotatable bonds is 10. The molecular formula is C20H39N3O2. The molecule has 2 aliphatic heterocycles. The third-order valence-corrected chi connectivity index (χ3v) is 5.73. The molecule has 0 aliphatic carbocycles. The van der Waals surface area contributed by atoms with E-state index in [9.17, 15) is 4.79 Å². The molecule has 0 atom stereocenters. The second kappa shape index (κ2) is 11.9. The van der Waals surface area contributed by atoms with Gasteiger partial charge in [-0.2, -0.15) is 0 Å². The van der Waals surface area contributed by atoms with Crippen LogP contribution in [0.3, 0.4) is 0 Å². The third-order valence-electron chi connectivity index (χ3n) is 5.73. The molecule has 2 aliphatic rings. The Bertz CT molecular complexity index is 362. The molecule has 0 radical (unpaired) electrons. The van der Waals surface area contributed by atoms with Crippen LogP contribution in [0.2, 0.25) is 0 Å². The van der Waals surface area contributed by atoms with Gasteiger partial charge in [-0.05, 0) is 52.4 Å². The number of unbranched alkanes of at least 4 members (excludes halogenated alkanes) is 3. The Kier molecular flexibility index (Phi) is 9.81. The van der Waals surface area contributed by atoms with Gasteiger partial charge in [0.1, 0.15) is 0 Å². The van der Waals surface area contributed by atoms with Gasteiger partial charge in [0.2, 0.25) is 0 Å². The van der Waals surface area contributed by atoms with Crippen LogP contribution in [-0.4, -0.2) is 86.2 Å². The molecule has 0 unspecified atom stereocenters. The summed E-state index contributed by atoms with van der Waals surface area (Å²) in [4.78, 5) is 19.4. The van der Waals surface area contributed by atoms with Gasteiger partial charge >= 0.3 is 5.97 Å². The monoisotopic (exact) mass is 353 g/mol. The lowest BCUT2D eigenvalue weighted by Gasteiger charge is -2.42. The molecular weight excluding hydrogens is 314 g/mol. The van der Waals surface area contributed by atoms with Crippen molar-refractivity contribution in [1.29, 1.82) is 0 Å². The molecule has 2 heterocycles. The summed E-state index contributed by atoms with van der Waals surface area (Å²) in [6.07, 6.45) is 8.73. The van der Waals surface area contributed by atoms with Crippen LogP contribution in [0.1, 0.15) is 58.3 Å². The molecule has 0 saturated carbocycles. The van der Waals surface area contributed by atoms with E-state index >= 15 is 0 Å². The number of carbonyl (C=O) groups excluding carboxylic acids is 1. The van der Waals surface area contributed by atoms with Crippen molar-refractivity contribution < 1.29 is 9.53 Å². The van der Waals surface area contributed by atoms with Gasteiger partial charge in [-0.3, -0.25) is 9.69 Å². The van der Waals surface area contributed by atoms with E-state index in [1.165, 1.54) is 71.4 Å². The molecule has 146 valence electrons. The molecule has 5 heteroatoms. The van der Waals surface area contributed by atoms with Crippen LogP contribution in [0.5, 0.6) is 0 Å². The number of likely N-dealkylation sites (tertiary alicyclic amines) is 1. The fourth-order valence-corrected chi connectivity index (χ4v) is 3.93. The maximum absolute atomic E-state index is 11.8. The predicted molar refractivity (Wildman–Crippen MR) is 103 cm³/mol. The molecule has 0 spiro atoms. The zero-order valence-corrected chi connectivity index (χ0v) is 16.5. The highest BCUT2D eigenvalue weighted by atomic mass is 16.5. The van der Waals surface area contributed by atoms with E-state index in [2.05, 4.69) is 28.7 Å². The highest BCUT2D eigenvalue weighted by Crippen LogP contribution is 2.18. The van der Waals surface area contributed by atoms with Crippen LogP contribution >= 0.6 is 0 Å². The number of hydrogen-bond acceptors (Lipinski definition) is 5. The van der Waals surface area contributed by atoms with E-state index in [1.807, 2.05) is 0 Å². The highest BCUT2D eigenvalue weighted by Gasteiger charge is 2.26. The maximum Gasteiger partial charge on any atom is 0.305 e. The van der Waals surface area contributed by atoms with Crippen molar-refractivity contribution in [3.8, 4) is 0 Å². The van der Waals surface area contributed by atoms with Crippen molar-refractivity contribution in [1.82, 2.24) is 14.7 Å². The van der Waals surface area contributed by atoms with Crippen molar-refractivity contribution >= 4 is 5.97 Å². The minimum absolute atomic E-state index is 0.0104. The third kappa shape index (κ3) is 8.06. The van der Waals surface area contributed by atoms with Gasteiger partial charge in [-0.15, -0.1) is 0 Å². The lowest BCUT2D eigenvalue weighted by molar-refractivity contribution is -0.144. The Morgan fingerprint density at radius 2 is 1.68 bits per heavy atom. The molecule has 2 saturated heterocycles. The number of esters is 1. The average molecular weight is 354 g/mol. The number of carbonyl (C=O) groups is 1. The molecule has 0 N–H and O–H groups in total. The molecule has 5 nitrogen and oxygen atoms in total. The number of ether oxygens (including phenoxy) is 1. The van der Waals surface area contributed by atoms with E-state index in [4.69, 9.17) is 4.74 Å². The summed E-state index contributed by atoms with van der Waals surface area (Å²) >= 11 is 0. The quantitative estimate of drug-likeness (QED) is 0.446. The summed E-state index contributed by atoms with van der Waals surface area (Å²) < 4.78 is 5.31. The Balaban J connectivity index is 1.48. The first kappa shape index (κ1) is 20.7. The van der Waals surface area contributed by atoms with Crippen LogP contribution in [0.15, 0.2) is 0 Å². The van der Waals surface area contributed by atoms with Gasteiger partial charge in [0.05, 0.1) is 6.61 Å². The molecule has 25 heavy (non-hydrogen) atoms. The van der Waals surface area contributed by atoms with Gasteiger partial charge < -0.3 is 14.5 Å².